The molecule has 0 radical (unpaired) electrons. The highest BCUT2D eigenvalue weighted by molar-refractivity contribution is 6.23. The summed E-state index contributed by atoms with van der Waals surface area (Å²) >= 11 is 0. The van der Waals surface area contributed by atoms with Gasteiger partial charge >= 0.3 is 0 Å². The second kappa shape index (κ2) is 11.8. The predicted octanol–water partition coefficient (Wildman–Crippen LogP) is 3.67. The van der Waals surface area contributed by atoms with Crippen molar-refractivity contribution in [3.8, 4) is 11.3 Å². The highest BCUT2D eigenvalue weighted by Crippen LogP contribution is 2.45. The standard InChI is InChI=1S/C36H36N8O5/c45-32-8-7-31(34(46)40-32)44-35(47)25-5-3-22(15-26(25)36(44)48)37-17-20-13-24(14-20)43-19-27(33(41-43)21-1-2-21)30-18-38-29-16-23(4-6-28(29)39-30)42-9-11-49-12-10-42/h3-6,15-16,18-21,24,31,37H,1-2,7-14,17H2,(H,40,45,46)/t20-,24-,31?. The summed E-state index contributed by atoms with van der Waals surface area (Å²) < 4.78 is 7.62. The molecule has 250 valence electrons. The Labute approximate surface area is 282 Å². The third-order valence-electron chi connectivity index (χ3n) is 10.5. The molecule has 2 aromatic heterocycles. The molecule has 2 saturated heterocycles. The average molecular weight is 661 g/mol. The van der Waals surface area contributed by atoms with Gasteiger partial charge in [0.1, 0.15) is 6.04 Å². The summed E-state index contributed by atoms with van der Waals surface area (Å²) in [5.41, 5.74) is 7.25. The van der Waals surface area contributed by atoms with Crippen molar-refractivity contribution in [1.29, 1.82) is 0 Å². The number of nitrogens with zero attached hydrogens (tertiary/aromatic N) is 6. The first-order valence-electron chi connectivity index (χ1n) is 17.2. The maximum Gasteiger partial charge on any atom is 0.262 e. The Bertz CT molecular complexity index is 2030. The fourth-order valence-electron chi connectivity index (χ4n) is 7.52. The molecule has 13 nitrogen and oxygen atoms in total. The van der Waals surface area contributed by atoms with Crippen LogP contribution in [0, 0.1) is 5.92 Å². The molecule has 3 aliphatic heterocycles. The van der Waals surface area contributed by atoms with Gasteiger partial charge in [-0.3, -0.25) is 39.1 Å². The minimum atomic E-state index is -0.973. The Morgan fingerprint density at radius 3 is 2.51 bits per heavy atom. The normalized spacial score (nSPS) is 23.9. The number of ether oxygens (including phenoxy) is 1. The van der Waals surface area contributed by atoms with Gasteiger partial charge in [-0.05, 0) is 74.4 Å². The van der Waals surface area contributed by atoms with E-state index in [4.69, 9.17) is 19.8 Å². The minimum absolute atomic E-state index is 0.0923. The number of piperidine rings is 1. The van der Waals surface area contributed by atoms with Crippen LogP contribution >= 0.6 is 0 Å². The van der Waals surface area contributed by atoms with Crippen molar-refractivity contribution in [3.63, 3.8) is 0 Å². The summed E-state index contributed by atoms with van der Waals surface area (Å²) in [5, 5.41) is 10.8. The van der Waals surface area contributed by atoms with E-state index in [-0.39, 0.29) is 24.0 Å². The lowest BCUT2D eigenvalue weighted by Gasteiger charge is -2.35. The van der Waals surface area contributed by atoms with Gasteiger partial charge in [-0.15, -0.1) is 0 Å². The van der Waals surface area contributed by atoms with Gasteiger partial charge in [-0.25, -0.2) is 4.98 Å². The van der Waals surface area contributed by atoms with E-state index in [0.717, 1.165) is 103 Å². The van der Waals surface area contributed by atoms with Crippen LogP contribution in [0.2, 0.25) is 0 Å². The second-order valence-electron chi connectivity index (χ2n) is 13.8. The molecule has 2 aromatic carbocycles. The molecule has 2 N–H and O–H groups in total. The molecule has 5 heterocycles. The Morgan fingerprint density at radius 1 is 0.898 bits per heavy atom. The van der Waals surface area contributed by atoms with E-state index < -0.39 is 29.7 Å². The number of rotatable bonds is 8. The quantitative estimate of drug-likeness (QED) is 0.268. The molecule has 2 saturated carbocycles. The van der Waals surface area contributed by atoms with E-state index in [2.05, 4.69) is 44.6 Å². The Hall–Kier alpha value is -5.17. The molecule has 13 heteroatoms. The highest BCUT2D eigenvalue weighted by Gasteiger charge is 2.44. The summed E-state index contributed by atoms with van der Waals surface area (Å²) in [6.45, 7) is 3.96. The molecule has 0 spiro atoms. The van der Waals surface area contributed by atoms with Gasteiger partial charge in [0.15, 0.2) is 0 Å². The molecule has 4 amide bonds. The van der Waals surface area contributed by atoms with Crippen molar-refractivity contribution >= 4 is 46.0 Å². The SMILES string of the molecule is O=C1CCC(N2C(=O)c3ccc(NC[C@H]4C[C@H](n5cc(-c6cnc7cc(N8CCOCC8)ccc7n6)c(C6CC6)n5)C4)cc3C2=O)C(=O)N1. The van der Waals surface area contributed by atoms with Gasteiger partial charge in [-0.1, -0.05) is 0 Å². The third-order valence-corrected chi connectivity index (χ3v) is 10.5. The maximum absolute atomic E-state index is 13.2. The smallest absolute Gasteiger partial charge is 0.262 e. The molecule has 1 atom stereocenters. The number of anilines is 2. The molecule has 5 aliphatic rings. The lowest BCUT2D eigenvalue weighted by molar-refractivity contribution is -0.136. The van der Waals surface area contributed by atoms with Gasteiger partial charge in [0.05, 0.1) is 59.0 Å². The number of amides is 4. The number of hydrogen-bond acceptors (Lipinski definition) is 10. The van der Waals surface area contributed by atoms with Gasteiger partial charge in [0.25, 0.3) is 11.8 Å². The summed E-state index contributed by atoms with van der Waals surface area (Å²) in [7, 11) is 0. The topological polar surface area (TPSA) is 152 Å². The molecule has 9 rings (SSSR count). The van der Waals surface area contributed by atoms with Gasteiger partial charge in [-0.2, -0.15) is 5.10 Å². The first-order chi connectivity index (χ1) is 23.9. The zero-order valence-corrected chi connectivity index (χ0v) is 26.9. The number of imide groups is 2. The van der Waals surface area contributed by atoms with Crippen LogP contribution < -0.4 is 15.5 Å². The van der Waals surface area contributed by atoms with Crippen LogP contribution in [0.3, 0.4) is 0 Å². The van der Waals surface area contributed by atoms with Crippen molar-refractivity contribution < 1.29 is 23.9 Å². The largest absolute Gasteiger partial charge is 0.385 e. The van der Waals surface area contributed by atoms with Gasteiger partial charge in [0, 0.05) is 55.1 Å². The Balaban J connectivity index is 0.851. The number of benzene rings is 2. The number of hydrogen-bond donors (Lipinski definition) is 2. The zero-order chi connectivity index (χ0) is 33.2. The Kier molecular flexibility index (Phi) is 7.18. The number of fused-ring (bicyclic) bond motifs is 2. The summed E-state index contributed by atoms with van der Waals surface area (Å²) in [6.07, 6.45) is 8.49. The van der Waals surface area contributed by atoms with Crippen molar-refractivity contribution in [3.05, 3.63) is 65.6 Å². The second-order valence-corrected chi connectivity index (χ2v) is 13.8. The first-order valence-corrected chi connectivity index (χ1v) is 17.2. The number of nitrogens with one attached hydrogen (secondary N) is 2. The van der Waals surface area contributed by atoms with Gasteiger partial charge < -0.3 is 15.0 Å². The summed E-state index contributed by atoms with van der Waals surface area (Å²) in [6, 6.07) is 10.7. The van der Waals surface area contributed by atoms with E-state index in [1.54, 1.807) is 18.2 Å². The van der Waals surface area contributed by atoms with E-state index >= 15 is 0 Å². The van der Waals surface area contributed by atoms with E-state index in [1.165, 1.54) is 0 Å². The van der Waals surface area contributed by atoms with Crippen molar-refractivity contribution in [1.82, 2.24) is 30.0 Å². The van der Waals surface area contributed by atoms with Crippen molar-refractivity contribution in [2.75, 3.05) is 43.1 Å². The Morgan fingerprint density at radius 2 is 1.71 bits per heavy atom. The maximum atomic E-state index is 13.2. The number of morpholine rings is 1. The van der Waals surface area contributed by atoms with Crippen LogP contribution in [-0.4, -0.2) is 87.2 Å². The highest BCUT2D eigenvalue weighted by atomic mass is 16.5. The van der Waals surface area contributed by atoms with Crippen LogP contribution in [0.15, 0.2) is 48.8 Å². The van der Waals surface area contributed by atoms with E-state index in [0.29, 0.717) is 17.9 Å². The molecule has 1 unspecified atom stereocenters. The van der Waals surface area contributed by atoms with Crippen LogP contribution in [0.25, 0.3) is 22.3 Å². The number of carbonyl (C=O) groups is 4. The molecular formula is C36H36N8O5. The predicted molar refractivity (Wildman–Crippen MR) is 179 cm³/mol. The number of carbonyl (C=O) groups excluding carboxylic acids is 4. The van der Waals surface area contributed by atoms with Crippen molar-refractivity contribution in [2.24, 2.45) is 5.92 Å². The molecule has 49 heavy (non-hydrogen) atoms. The monoisotopic (exact) mass is 660 g/mol. The van der Waals surface area contributed by atoms with Crippen LogP contribution in [0.4, 0.5) is 11.4 Å². The van der Waals surface area contributed by atoms with E-state index in [1.807, 2.05) is 6.20 Å². The lowest BCUT2D eigenvalue weighted by Crippen LogP contribution is -2.54. The first kappa shape index (κ1) is 29.9. The molecule has 4 aromatic rings. The van der Waals surface area contributed by atoms with Crippen LogP contribution in [0.1, 0.15) is 76.9 Å². The third kappa shape index (κ3) is 5.41. The summed E-state index contributed by atoms with van der Waals surface area (Å²) in [5.74, 6) is -1.11. The van der Waals surface area contributed by atoms with Crippen molar-refractivity contribution in [2.45, 2.75) is 56.5 Å². The molecule has 0 bridgehead atoms. The zero-order valence-electron chi connectivity index (χ0n) is 26.9. The number of aromatic nitrogens is 4. The average Bonchev–Trinajstić information content (AvgIpc) is 3.81. The fourth-order valence-corrected chi connectivity index (χ4v) is 7.52. The van der Waals surface area contributed by atoms with E-state index in [9.17, 15) is 19.2 Å². The van der Waals surface area contributed by atoms with Crippen LogP contribution in [-0.2, 0) is 14.3 Å². The molecule has 2 aliphatic carbocycles. The molecule has 4 fully saturated rings. The van der Waals surface area contributed by atoms with Gasteiger partial charge in [0.2, 0.25) is 11.8 Å². The summed E-state index contributed by atoms with van der Waals surface area (Å²) in [4.78, 5) is 63.3. The minimum Gasteiger partial charge on any atom is -0.385 e. The molecular weight excluding hydrogens is 624 g/mol. The van der Waals surface area contributed by atoms with Crippen LogP contribution in [0.5, 0.6) is 0 Å². The lowest BCUT2D eigenvalue weighted by atomic mass is 9.80. The fraction of sp³-hybridized carbons (Fsp3) is 0.417.